The summed E-state index contributed by atoms with van der Waals surface area (Å²) >= 11 is 0. The second-order valence-corrected chi connectivity index (χ2v) is 3.78. The van der Waals surface area contributed by atoms with Gasteiger partial charge in [-0.2, -0.15) is 15.0 Å². The van der Waals surface area contributed by atoms with E-state index in [1.54, 1.807) is 0 Å². The van der Waals surface area contributed by atoms with E-state index in [1.807, 2.05) is 18.3 Å². The van der Waals surface area contributed by atoms with E-state index in [-0.39, 0.29) is 12.0 Å². The number of aromatic nitrogens is 4. The molecule has 0 radical (unpaired) electrons. The SMILES string of the molecule is CCc1ccc(Cc2nc(N)nc(OC)n2)nc1. The number of anilines is 1. The molecule has 18 heavy (non-hydrogen) atoms. The van der Waals surface area contributed by atoms with E-state index >= 15 is 0 Å². The Morgan fingerprint density at radius 1 is 1.22 bits per heavy atom. The third kappa shape index (κ3) is 2.91. The van der Waals surface area contributed by atoms with Crippen molar-refractivity contribution in [2.75, 3.05) is 12.8 Å². The van der Waals surface area contributed by atoms with Gasteiger partial charge < -0.3 is 10.5 Å². The number of nitrogens with zero attached hydrogens (tertiary/aromatic N) is 4. The molecule has 0 aliphatic heterocycles. The van der Waals surface area contributed by atoms with Crippen LogP contribution < -0.4 is 10.5 Å². The van der Waals surface area contributed by atoms with Crippen molar-refractivity contribution >= 4 is 5.95 Å². The minimum atomic E-state index is 0.155. The topological polar surface area (TPSA) is 86.8 Å². The van der Waals surface area contributed by atoms with Crippen molar-refractivity contribution in [3.05, 3.63) is 35.4 Å². The van der Waals surface area contributed by atoms with Crippen molar-refractivity contribution in [2.45, 2.75) is 19.8 Å². The molecule has 0 atom stereocenters. The van der Waals surface area contributed by atoms with Crippen LogP contribution in [0.4, 0.5) is 5.95 Å². The molecule has 2 aromatic rings. The third-order valence-electron chi connectivity index (χ3n) is 2.49. The zero-order valence-corrected chi connectivity index (χ0v) is 10.4. The van der Waals surface area contributed by atoms with Gasteiger partial charge >= 0.3 is 6.01 Å². The van der Waals surface area contributed by atoms with Crippen molar-refractivity contribution in [1.82, 2.24) is 19.9 Å². The minimum Gasteiger partial charge on any atom is -0.467 e. The number of hydrogen-bond acceptors (Lipinski definition) is 6. The number of nitrogens with two attached hydrogens (primary N) is 1. The van der Waals surface area contributed by atoms with Crippen LogP contribution in [0.2, 0.25) is 0 Å². The first-order valence-corrected chi connectivity index (χ1v) is 5.69. The van der Waals surface area contributed by atoms with Crippen molar-refractivity contribution in [3.63, 3.8) is 0 Å². The summed E-state index contributed by atoms with van der Waals surface area (Å²) in [6.45, 7) is 2.09. The Bertz CT molecular complexity index is 526. The largest absolute Gasteiger partial charge is 0.467 e. The summed E-state index contributed by atoms with van der Waals surface area (Å²) in [6, 6.07) is 4.23. The number of methoxy groups -OCH3 is 1. The number of rotatable bonds is 4. The van der Waals surface area contributed by atoms with E-state index in [1.165, 1.54) is 12.7 Å². The minimum absolute atomic E-state index is 0.155. The average Bonchev–Trinajstić information content (AvgIpc) is 2.39. The molecule has 6 heteroatoms. The molecule has 0 amide bonds. The maximum absolute atomic E-state index is 5.57. The maximum atomic E-state index is 5.57. The summed E-state index contributed by atoms with van der Waals surface area (Å²) < 4.78 is 4.95. The predicted octanol–water partition coefficient (Wildman–Crippen LogP) is 1.01. The highest BCUT2D eigenvalue weighted by atomic mass is 16.5. The third-order valence-corrected chi connectivity index (χ3v) is 2.49. The van der Waals surface area contributed by atoms with E-state index in [0.717, 1.165) is 12.1 Å². The summed E-state index contributed by atoms with van der Waals surface area (Å²) in [5, 5.41) is 0. The first kappa shape index (κ1) is 12.2. The second-order valence-electron chi connectivity index (χ2n) is 3.78. The summed E-state index contributed by atoms with van der Waals surface area (Å²) in [5.74, 6) is 0.707. The Morgan fingerprint density at radius 3 is 2.67 bits per heavy atom. The summed E-state index contributed by atoms with van der Waals surface area (Å²) in [4.78, 5) is 16.4. The number of nitrogen functional groups attached to an aromatic ring is 1. The van der Waals surface area contributed by atoms with Crippen LogP contribution in [0, 0.1) is 0 Å². The molecule has 0 saturated carbocycles. The van der Waals surface area contributed by atoms with E-state index in [4.69, 9.17) is 10.5 Å². The van der Waals surface area contributed by atoms with Crippen LogP contribution >= 0.6 is 0 Å². The number of ether oxygens (including phenoxy) is 1. The molecule has 0 unspecified atom stereocenters. The van der Waals surface area contributed by atoms with Crippen molar-refractivity contribution in [2.24, 2.45) is 0 Å². The van der Waals surface area contributed by atoms with Gasteiger partial charge in [0, 0.05) is 11.9 Å². The number of pyridine rings is 1. The molecule has 0 aliphatic rings. The molecule has 94 valence electrons. The summed E-state index contributed by atoms with van der Waals surface area (Å²) in [7, 11) is 1.49. The van der Waals surface area contributed by atoms with Crippen molar-refractivity contribution in [1.29, 1.82) is 0 Å². The molecule has 0 aliphatic carbocycles. The standard InChI is InChI=1S/C12H15N5O/c1-3-8-4-5-9(14-7-8)6-10-15-11(13)17-12(16-10)18-2/h4-5,7H,3,6H2,1-2H3,(H2,13,15,16,17). The molecule has 0 spiro atoms. The van der Waals surface area contributed by atoms with E-state index in [0.29, 0.717) is 12.2 Å². The monoisotopic (exact) mass is 245 g/mol. The quantitative estimate of drug-likeness (QED) is 0.865. The fourth-order valence-corrected chi connectivity index (χ4v) is 1.52. The maximum Gasteiger partial charge on any atom is 0.321 e. The lowest BCUT2D eigenvalue weighted by Gasteiger charge is -2.04. The van der Waals surface area contributed by atoms with Gasteiger partial charge in [-0.25, -0.2) is 0 Å². The van der Waals surface area contributed by atoms with Crippen LogP contribution in [0.5, 0.6) is 6.01 Å². The zero-order valence-electron chi connectivity index (χ0n) is 10.4. The van der Waals surface area contributed by atoms with Gasteiger partial charge in [0.25, 0.3) is 0 Å². The van der Waals surface area contributed by atoms with Crippen LogP contribution in [-0.4, -0.2) is 27.0 Å². The lowest BCUT2D eigenvalue weighted by Crippen LogP contribution is -2.06. The molecule has 0 bridgehead atoms. The Labute approximate surface area is 105 Å². The predicted molar refractivity (Wildman–Crippen MR) is 67.2 cm³/mol. The van der Waals surface area contributed by atoms with Gasteiger partial charge in [0.15, 0.2) is 0 Å². The molecule has 6 nitrogen and oxygen atoms in total. The zero-order chi connectivity index (χ0) is 13.0. The molecule has 0 fully saturated rings. The molecular weight excluding hydrogens is 230 g/mol. The van der Waals surface area contributed by atoms with E-state index in [2.05, 4.69) is 26.9 Å². The Balaban J connectivity index is 2.19. The normalized spacial score (nSPS) is 10.3. The van der Waals surface area contributed by atoms with Gasteiger partial charge in [0.2, 0.25) is 5.95 Å². The molecule has 2 rings (SSSR count). The fourth-order valence-electron chi connectivity index (χ4n) is 1.52. The Kier molecular flexibility index (Phi) is 3.66. The van der Waals surface area contributed by atoms with E-state index < -0.39 is 0 Å². The highest BCUT2D eigenvalue weighted by Crippen LogP contribution is 2.09. The van der Waals surface area contributed by atoms with Gasteiger partial charge in [-0.05, 0) is 18.1 Å². The molecule has 0 aromatic carbocycles. The molecular formula is C12H15N5O. The number of hydrogen-bond donors (Lipinski definition) is 1. The van der Waals surface area contributed by atoms with Crippen molar-refractivity contribution in [3.8, 4) is 6.01 Å². The van der Waals surface area contributed by atoms with Crippen LogP contribution in [0.15, 0.2) is 18.3 Å². The van der Waals surface area contributed by atoms with Crippen LogP contribution in [0.1, 0.15) is 24.0 Å². The van der Waals surface area contributed by atoms with Gasteiger partial charge in [0.05, 0.1) is 13.5 Å². The van der Waals surface area contributed by atoms with Gasteiger partial charge in [-0.1, -0.05) is 13.0 Å². The molecule has 2 aromatic heterocycles. The lowest BCUT2D eigenvalue weighted by atomic mass is 10.2. The second kappa shape index (κ2) is 5.39. The van der Waals surface area contributed by atoms with Crippen LogP contribution in [0.25, 0.3) is 0 Å². The van der Waals surface area contributed by atoms with Crippen molar-refractivity contribution < 1.29 is 4.74 Å². The summed E-state index contributed by atoms with van der Waals surface area (Å²) in [5.41, 5.74) is 7.66. The van der Waals surface area contributed by atoms with Gasteiger partial charge in [0.1, 0.15) is 5.82 Å². The van der Waals surface area contributed by atoms with Gasteiger partial charge in [-0.15, -0.1) is 0 Å². The van der Waals surface area contributed by atoms with E-state index in [9.17, 15) is 0 Å². The first-order valence-electron chi connectivity index (χ1n) is 5.69. The lowest BCUT2D eigenvalue weighted by molar-refractivity contribution is 0.377. The highest BCUT2D eigenvalue weighted by Gasteiger charge is 2.06. The highest BCUT2D eigenvalue weighted by molar-refractivity contribution is 5.21. The van der Waals surface area contributed by atoms with Crippen LogP contribution in [0.3, 0.4) is 0 Å². The average molecular weight is 245 g/mol. The Hall–Kier alpha value is -2.24. The molecule has 2 N–H and O–H groups in total. The van der Waals surface area contributed by atoms with Gasteiger partial charge in [-0.3, -0.25) is 4.98 Å². The smallest absolute Gasteiger partial charge is 0.321 e. The van der Waals surface area contributed by atoms with Crippen LogP contribution in [-0.2, 0) is 12.8 Å². The fraction of sp³-hybridized carbons (Fsp3) is 0.333. The molecule has 0 saturated heterocycles. The summed E-state index contributed by atoms with van der Waals surface area (Å²) in [6.07, 6.45) is 3.34. The number of aryl methyl sites for hydroxylation is 1. The first-order chi connectivity index (χ1) is 8.71. The Morgan fingerprint density at radius 2 is 2.06 bits per heavy atom. The molecule has 2 heterocycles.